The minimum atomic E-state index is 0.346. The summed E-state index contributed by atoms with van der Waals surface area (Å²) in [7, 11) is 0. The van der Waals surface area contributed by atoms with Crippen LogP contribution in [0.4, 0.5) is 5.82 Å². The van der Waals surface area contributed by atoms with Crippen molar-refractivity contribution in [1.29, 1.82) is 5.26 Å². The Morgan fingerprint density at radius 1 is 1.00 bits per heavy atom. The molecule has 2 N–H and O–H groups in total. The van der Waals surface area contributed by atoms with Crippen LogP contribution < -0.4 is 5.73 Å². The maximum absolute atomic E-state index is 9.68. The van der Waals surface area contributed by atoms with Crippen molar-refractivity contribution in [2.45, 2.75) is 25.2 Å². The fraction of sp³-hybridized carbons (Fsp3) is 0.182. The molecule has 1 aromatic heterocycles. The molecule has 1 aliphatic carbocycles. The average Bonchev–Trinajstić information content (AvgIpc) is 2.68. The van der Waals surface area contributed by atoms with Crippen LogP contribution in [0.1, 0.15) is 34.7 Å². The number of benzene rings is 2. The van der Waals surface area contributed by atoms with Crippen LogP contribution in [-0.2, 0) is 12.8 Å². The molecule has 1 aliphatic rings. The minimum absolute atomic E-state index is 0.346. The zero-order valence-electron chi connectivity index (χ0n) is 13.9. The van der Waals surface area contributed by atoms with Crippen molar-refractivity contribution in [2.75, 3.05) is 5.73 Å². The van der Waals surface area contributed by atoms with Gasteiger partial charge in [-0.05, 0) is 41.9 Å². The molecule has 0 aliphatic heterocycles. The summed E-state index contributed by atoms with van der Waals surface area (Å²) < 4.78 is 0. The van der Waals surface area contributed by atoms with E-state index >= 15 is 0 Å². The standard InChI is InChI=1S/C22H19N3/c23-14-19-21(16-9-5-2-6-10-16)18-13-17(15-7-3-1-4-8-15)11-12-20(18)25-22(19)24/h1-10,17H,11-13H2,(H2,24,25). The second-order valence-electron chi connectivity index (χ2n) is 6.50. The Balaban J connectivity index is 1.88. The number of nitrogens with two attached hydrogens (primary N) is 1. The van der Waals surface area contributed by atoms with Crippen molar-refractivity contribution in [3.05, 3.63) is 83.0 Å². The fourth-order valence-corrected chi connectivity index (χ4v) is 3.82. The van der Waals surface area contributed by atoms with Crippen LogP contribution in [-0.4, -0.2) is 4.98 Å². The molecular formula is C22H19N3. The van der Waals surface area contributed by atoms with Crippen LogP contribution >= 0.6 is 0 Å². The van der Waals surface area contributed by atoms with Gasteiger partial charge in [-0.3, -0.25) is 0 Å². The van der Waals surface area contributed by atoms with Crippen molar-refractivity contribution in [3.63, 3.8) is 0 Å². The highest BCUT2D eigenvalue weighted by Gasteiger charge is 2.27. The predicted molar refractivity (Wildman–Crippen MR) is 100 cm³/mol. The van der Waals surface area contributed by atoms with Crippen molar-refractivity contribution >= 4 is 5.82 Å². The van der Waals surface area contributed by atoms with Gasteiger partial charge < -0.3 is 5.73 Å². The molecule has 0 saturated carbocycles. The molecule has 1 heterocycles. The summed E-state index contributed by atoms with van der Waals surface area (Å²) in [5.41, 5.74) is 12.2. The number of fused-ring (bicyclic) bond motifs is 1. The molecule has 0 bridgehead atoms. The lowest BCUT2D eigenvalue weighted by Gasteiger charge is -2.27. The molecule has 1 atom stereocenters. The summed E-state index contributed by atoms with van der Waals surface area (Å²) in [6.45, 7) is 0. The van der Waals surface area contributed by atoms with Gasteiger partial charge in [0.1, 0.15) is 17.5 Å². The molecule has 122 valence electrons. The molecule has 3 nitrogen and oxygen atoms in total. The number of aryl methyl sites for hydroxylation is 1. The van der Waals surface area contributed by atoms with E-state index in [-0.39, 0.29) is 0 Å². The first-order valence-corrected chi connectivity index (χ1v) is 8.59. The smallest absolute Gasteiger partial charge is 0.142 e. The molecule has 0 spiro atoms. The first-order valence-electron chi connectivity index (χ1n) is 8.59. The largest absolute Gasteiger partial charge is 0.383 e. The summed E-state index contributed by atoms with van der Waals surface area (Å²) in [4.78, 5) is 4.55. The first kappa shape index (κ1) is 15.4. The van der Waals surface area contributed by atoms with Gasteiger partial charge in [0, 0.05) is 11.3 Å². The molecule has 0 radical (unpaired) electrons. The van der Waals surface area contributed by atoms with Gasteiger partial charge in [0.25, 0.3) is 0 Å². The zero-order chi connectivity index (χ0) is 17.2. The molecule has 0 amide bonds. The number of pyridine rings is 1. The van der Waals surface area contributed by atoms with Crippen molar-refractivity contribution in [3.8, 4) is 17.2 Å². The lowest BCUT2D eigenvalue weighted by molar-refractivity contribution is 0.576. The Morgan fingerprint density at radius 2 is 1.68 bits per heavy atom. The maximum atomic E-state index is 9.68. The third-order valence-electron chi connectivity index (χ3n) is 5.04. The van der Waals surface area contributed by atoms with Crippen LogP contribution in [0.15, 0.2) is 60.7 Å². The Hall–Kier alpha value is -3.12. The highest BCUT2D eigenvalue weighted by molar-refractivity contribution is 5.79. The average molecular weight is 325 g/mol. The normalized spacial score (nSPS) is 16.0. The Labute approximate surface area is 147 Å². The summed E-state index contributed by atoms with van der Waals surface area (Å²) in [5, 5.41) is 9.68. The van der Waals surface area contributed by atoms with E-state index in [0.717, 1.165) is 36.1 Å². The van der Waals surface area contributed by atoms with Gasteiger partial charge in [-0.1, -0.05) is 60.7 Å². The molecule has 3 heteroatoms. The maximum Gasteiger partial charge on any atom is 0.142 e. The topological polar surface area (TPSA) is 62.7 Å². The van der Waals surface area contributed by atoms with Crippen molar-refractivity contribution in [2.24, 2.45) is 0 Å². The fourth-order valence-electron chi connectivity index (χ4n) is 3.82. The van der Waals surface area contributed by atoms with Gasteiger partial charge in [-0.25, -0.2) is 4.98 Å². The third kappa shape index (κ3) is 2.77. The molecule has 25 heavy (non-hydrogen) atoms. The second-order valence-corrected chi connectivity index (χ2v) is 6.50. The molecule has 4 rings (SSSR count). The molecule has 0 saturated heterocycles. The van der Waals surface area contributed by atoms with Gasteiger partial charge in [-0.2, -0.15) is 5.26 Å². The third-order valence-corrected chi connectivity index (χ3v) is 5.04. The number of aromatic nitrogens is 1. The molecule has 1 unspecified atom stereocenters. The van der Waals surface area contributed by atoms with Crippen molar-refractivity contribution < 1.29 is 0 Å². The minimum Gasteiger partial charge on any atom is -0.383 e. The summed E-state index contributed by atoms with van der Waals surface area (Å²) in [6.07, 6.45) is 2.85. The van der Waals surface area contributed by atoms with Crippen LogP contribution in [0.25, 0.3) is 11.1 Å². The quantitative estimate of drug-likeness (QED) is 0.756. The van der Waals surface area contributed by atoms with E-state index in [4.69, 9.17) is 5.73 Å². The van der Waals surface area contributed by atoms with Gasteiger partial charge >= 0.3 is 0 Å². The van der Waals surface area contributed by atoms with E-state index in [2.05, 4.69) is 35.3 Å². The number of nitrogen functional groups attached to an aromatic ring is 1. The SMILES string of the molecule is N#Cc1c(N)nc2c(c1-c1ccccc1)CC(c1ccccc1)CC2. The highest BCUT2D eigenvalue weighted by atomic mass is 14.9. The molecular weight excluding hydrogens is 306 g/mol. The van der Waals surface area contributed by atoms with E-state index in [9.17, 15) is 5.26 Å². The van der Waals surface area contributed by atoms with E-state index in [1.54, 1.807) is 0 Å². The zero-order valence-corrected chi connectivity index (χ0v) is 13.9. The van der Waals surface area contributed by atoms with Gasteiger partial charge in [0.2, 0.25) is 0 Å². The number of anilines is 1. The summed E-state index contributed by atoms with van der Waals surface area (Å²) in [6, 6.07) is 22.9. The summed E-state index contributed by atoms with van der Waals surface area (Å²) >= 11 is 0. The second kappa shape index (κ2) is 6.41. The Bertz CT molecular complexity index is 941. The lowest BCUT2D eigenvalue weighted by Crippen LogP contribution is -2.17. The van der Waals surface area contributed by atoms with Gasteiger partial charge in [0.05, 0.1) is 0 Å². The Kier molecular flexibility index (Phi) is 3.95. The monoisotopic (exact) mass is 325 g/mol. The number of rotatable bonds is 2. The van der Waals surface area contributed by atoms with Crippen LogP contribution in [0.3, 0.4) is 0 Å². The number of nitriles is 1. The van der Waals surface area contributed by atoms with Crippen LogP contribution in [0.5, 0.6) is 0 Å². The Morgan fingerprint density at radius 3 is 2.36 bits per heavy atom. The van der Waals surface area contributed by atoms with E-state index < -0.39 is 0 Å². The van der Waals surface area contributed by atoms with E-state index in [1.807, 2.05) is 36.4 Å². The number of hydrogen-bond donors (Lipinski definition) is 1. The van der Waals surface area contributed by atoms with Crippen LogP contribution in [0, 0.1) is 11.3 Å². The first-order chi connectivity index (χ1) is 12.3. The van der Waals surface area contributed by atoms with E-state index in [1.165, 1.54) is 11.1 Å². The lowest BCUT2D eigenvalue weighted by atomic mass is 9.78. The number of hydrogen-bond acceptors (Lipinski definition) is 3. The van der Waals surface area contributed by atoms with Gasteiger partial charge in [0.15, 0.2) is 0 Å². The van der Waals surface area contributed by atoms with Gasteiger partial charge in [-0.15, -0.1) is 0 Å². The predicted octanol–water partition coefficient (Wildman–Crippen LogP) is 4.47. The van der Waals surface area contributed by atoms with Crippen LogP contribution in [0.2, 0.25) is 0 Å². The van der Waals surface area contributed by atoms with Crippen molar-refractivity contribution in [1.82, 2.24) is 4.98 Å². The highest BCUT2D eigenvalue weighted by Crippen LogP contribution is 2.40. The summed E-state index contributed by atoms with van der Waals surface area (Å²) in [5.74, 6) is 0.798. The number of nitrogens with zero attached hydrogens (tertiary/aromatic N) is 2. The molecule has 2 aromatic carbocycles. The van der Waals surface area contributed by atoms with E-state index in [0.29, 0.717) is 17.3 Å². The molecule has 3 aromatic rings. The molecule has 0 fully saturated rings.